The Kier molecular flexibility index (Phi) is 4.55. The minimum atomic E-state index is -0.0229. The number of ether oxygens (including phenoxy) is 2. The molecular formula is C22H23N3O3. The molecule has 0 fully saturated rings. The second kappa shape index (κ2) is 7.03. The summed E-state index contributed by atoms with van der Waals surface area (Å²) in [5.74, 6) is 1.46. The molecule has 0 saturated heterocycles. The maximum Gasteiger partial charge on any atom is 0.253 e. The number of aryl methyl sites for hydroxylation is 2. The lowest BCUT2D eigenvalue weighted by atomic mass is 10.0. The van der Waals surface area contributed by atoms with E-state index in [2.05, 4.69) is 5.10 Å². The normalized spacial score (nSPS) is 12.3. The van der Waals surface area contributed by atoms with Gasteiger partial charge in [0.15, 0.2) is 11.5 Å². The Morgan fingerprint density at radius 3 is 2.61 bits per heavy atom. The van der Waals surface area contributed by atoms with Crippen LogP contribution < -0.4 is 9.47 Å². The van der Waals surface area contributed by atoms with Crippen LogP contribution in [-0.2, 0) is 13.6 Å². The maximum absolute atomic E-state index is 13.0. The second-order valence-electron chi connectivity index (χ2n) is 7.08. The molecule has 0 saturated carbocycles. The summed E-state index contributed by atoms with van der Waals surface area (Å²) < 4.78 is 12.7. The fraction of sp³-hybridized carbons (Fsp3) is 0.273. The van der Waals surface area contributed by atoms with Gasteiger partial charge in [0.05, 0.1) is 5.69 Å². The Balaban J connectivity index is 1.57. The molecule has 0 unspecified atom stereocenters. The highest BCUT2D eigenvalue weighted by atomic mass is 16.7. The minimum absolute atomic E-state index is 0.0229. The molecule has 3 aromatic rings. The van der Waals surface area contributed by atoms with Gasteiger partial charge in [-0.15, -0.1) is 0 Å². The van der Waals surface area contributed by atoms with Crippen LogP contribution in [0.15, 0.2) is 42.5 Å². The summed E-state index contributed by atoms with van der Waals surface area (Å²) in [6, 6.07) is 13.5. The number of benzene rings is 2. The lowest BCUT2D eigenvalue weighted by molar-refractivity contribution is 0.0784. The van der Waals surface area contributed by atoms with Gasteiger partial charge in [0.25, 0.3) is 5.91 Å². The van der Waals surface area contributed by atoms with Crippen LogP contribution in [0.2, 0.25) is 0 Å². The Bertz CT molecular complexity index is 1060. The fourth-order valence-electron chi connectivity index (χ4n) is 3.48. The van der Waals surface area contributed by atoms with Gasteiger partial charge in [-0.25, -0.2) is 0 Å². The molecule has 0 spiro atoms. The van der Waals surface area contributed by atoms with Gasteiger partial charge in [0.2, 0.25) is 6.79 Å². The predicted molar refractivity (Wildman–Crippen MR) is 106 cm³/mol. The van der Waals surface area contributed by atoms with Crippen molar-refractivity contribution >= 4 is 5.91 Å². The molecule has 2 heterocycles. The number of amides is 1. The maximum atomic E-state index is 13.0. The van der Waals surface area contributed by atoms with Gasteiger partial charge in [-0.2, -0.15) is 5.10 Å². The van der Waals surface area contributed by atoms with E-state index in [4.69, 9.17) is 9.47 Å². The Morgan fingerprint density at radius 1 is 1.11 bits per heavy atom. The van der Waals surface area contributed by atoms with Gasteiger partial charge in [-0.1, -0.05) is 18.2 Å². The van der Waals surface area contributed by atoms with Crippen molar-refractivity contribution in [1.82, 2.24) is 14.7 Å². The van der Waals surface area contributed by atoms with Gasteiger partial charge < -0.3 is 14.4 Å². The number of rotatable bonds is 4. The zero-order valence-electron chi connectivity index (χ0n) is 16.5. The molecule has 0 N–H and O–H groups in total. The van der Waals surface area contributed by atoms with Crippen molar-refractivity contribution in [3.8, 4) is 22.6 Å². The Labute approximate surface area is 164 Å². The first-order chi connectivity index (χ1) is 13.4. The number of hydrogen-bond donors (Lipinski definition) is 0. The topological polar surface area (TPSA) is 56.6 Å². The number of hydrogen-bond acceptors (Lipinski definition) is 4. The van der Waals surface area contributed by atoms with Gasteiger partial charge in [-0.3, -0.25) is 9.48 Å². The van der Waals surface area contributed by atoms with Crippen LogP contribution in [0, 0.1) is 13.8 Å². The molecule has 0 aliphatic carbocycles. The summed E-state index contributed by atoms with van der Waals surface area (Å²) in [6.07, 6.45) is 0. The van der Waals surface area contributed by atoms with Crippen molar-refractivity contribution in [3.05, 3.63) is 65.0 Å². The second-order valence-corrected chi connectivity index (χ2v) is 7.08. The van der Waals surface area contributed by atoms with Crippen LogP contribution in [0.5, 0.6) is 11.5 Å². The van der Waals surface area contributed by atoms with Crippen LogP contribution >= 0.6 is 0 Å². The first-order valence-corrected chi connectivity index (χ1v) is 9.18. The molecule has 1 amide bonds. The van der Waals surface area contributed by atoms with Crippen molar-refractivity contribution in [2.45, 2.75) is 20.4 Å². The van der Waals surface area contributed by atoms with E-state index in [1.807, 2.05) is 75.1 Å². The molecule has 1 aliphatic rings. The number of fused-ring (bicyclic) bond motifs is 1. The number of aromatic nitrogens is 2. The fourth-order valence-corrected chi connectivity index (χ4v) is 3.48. The zero-order valence-corrected chi connectivity index (χ0v) is 16.5. The van der Waals surface area contributed by atoms with E-state index in [-0.39, 0.29) is 12.7 Å². The van der Waals surface area contributed by atoms with Gasteiger partial charge >= 0.3 is 0 Å². The molecule has 28 heavy (non-hydrogen) atoms. The Morgan fingerprint density at radius 2 is 1.86 bits per heavy atom. The van der Waals surface area contributed by atoms with Crippen molar-refractivity contribution in [2.75, 3.05) is 13.8 Å². The highest BCUT2D eigenvalue weighted by Gasteiger charge is 2.18. The van der Waals surface area contributed by atoms with Gasteiger partial charge in [0.1, 0.15) is 0 Å². The summed E-state index contributed by atoms with van der Waals surface area (Å²) in [7, 11) is 3.74. The van der Waals surface area contributed by atoms with E-state index >= 15 is 0 Å². The van der Waals surface area contributed by atoms with E-state index in [9.17, 15) is 4.79 Å². The average Bonchev–Trinajstić information content (AvgIpc) is 3.26. The van der Waals surface area contributed by atoms with E-state index < -0.39 is 0 Å². The SMILES string of the molecule is Cc1nn(C)c(C)c1CN(C)C(=O)c1cccc(-c2ccc3c(c2)OCO3)c1. The third-order valence-corrected chi connectivity index (χ3v) is 5.22. The van der Waals surface area contributed by atoms with Gasteiger partial charge in [-0.05, 0) is 49.2 Å². The molecule has 6 heteroatoms. The number of carbonyl (C=O) groups is 1. The van der Waals surface area contributed by atoms with Crippen LogP contribution in [0.1, 0.15) is 27.3 Å². The van der Waals surface area contributed by atoms with Crippen LogP contribution in [0.3, 0.4) is 0 Å². The molecular weight excluding hydrogens is 354 g/mol. The average molecular weight is 377 g/mol. The highest BCUT2D eigenvalue weighted by Crippen LogP contribution is 2.36. The molecule has 4 rings (SSSR count). The van der Waals surface area contributed by atoms with Gasteiger partial charge in [0, 0.05) is 37.5 Å². The van der Waals surface area contributed by atoms with E-state index in [1.54, 1.807) is 4.90 Å². The highest BCUT2D eigenvalue weighted by molar-refractivity contribution is 5.95. The van der Waals surface area contributed by atoms with E-state index in [0.717, 1.165) is 39.6 Å². The Hall–Kier alpha value is -3.28. The molecule has 0 bridgehead atoms. The third kappa shape index (κ3) is 3.22. The molecule has 2 aromatic carbocycles. The quantitative estimate of drug-likeness (QED) is 0.696. The third-order valence-electron chi connectivity index (χ3n) is 5.22. The summed E-state index contributed by atoms with van der Waals surface area (Å²) in [4.78, 5) is 14.7. The smallest absolute Gasteiger partial charge is 0.253 e. The summed E-state index contributed by atoms with van der Waals surface area (Å²) in [5, 5.41) is 4.43. The molecule has 144 valence electrons. The molecule has 1 aliphatic heterocycles. The van der Waals surface area contributed by atoms with Crippen molar-refractivity contribution in [1.29, 1.82) is 0 Å². The zero-order chi connectivity index (χ0) is 19.8. The number of carbonyl (C=O) groups excluding carboxylic acids is 1. The first-order valence-electron chi connectivity index (χ1n) is 9.18. The van der Waals surface area contributed by atoms with Crippen LogP contribution in [0.4, 0.5) is 0 Å². The molecule has 6 nitrogen and oxygen atoms in total. The minimum Gasteiger partial charge on any atom is -0.454 e. The largest absolute Gasteiger partial charge is 0.454 e. The summed E-state index contributed by atoms with van der Waals surface area (Å²) in [6.45, 7) is 4.77. The molecule has 1 aromatic heterocycles. The molecule has 0 atom stereocenters. The standard InChI is InChI=1S/C22H23N3O3/c1-14-19(15(2)25(4)23-14)12-24(3)22(26)18-7-5-6-16(10-18)17-8-9-20-21(11-17)28-13-27-20/h5-11H,12-13H2,1-4H3. The van der Waals surface area contributed by atoms with Crippen LogP contribution in [-0.4, -0.2) is 34.4 Å². The van der Waals surface area contributed by atoms with E-state index in [1.165, 1.54) is 0 Å². The first kappa shape index (κ1) is 18.1. The summed E-state index contributed by atoms with van der Waals surface area (Å²) >= 11 is 0. The molecule has 0 radical (unpaired) electrons. The predicted octanol–water partition coefficient (Wildman–Crippen LogP) is 3.70. The van der Waals surface area contributed by atoms with E-state index in [0.29, 0.717) is 12.1 Å². The van der Waals surface area contributed by atoms with Crippen molar-refractivity contribution in [2.24, 2.45) is 7.05 Å². The van der Waals surface area contributed by atoms with Crippen LogP contribution in [0.25, 0.3) is 11.1 Å². The van der Waals surface area contributed by atoms with Crippen molar-refractivity contribution in [3.63, 3.8) is 0 Å². The lowest BCUT2D eigenvalue weighted by Gasteiger charge is -2.18. The summed E-state index contributed by atoms with van der Waals surface area (Å²) in [5.41, 5.74) is 5.72. The van der Waals surface area contributed by atoms with Crippen molar-refractivity contribution < 1.29 is 14.3 Å². The number of nitrogens with zero attached hydrogens (tertiary/aromatic N) is 3. The lowest BCUT2D eigenvalue weighted by Crippen LogP contribution is -2.26. The monoisotopic (exact) mass is 377 g/mol.